The normalized spacial score (nSPS) is 10.4. The molecule has 0 bridgehead atoms. The van der Waals surface area contributed by atoms with E-state index in [-0.39, 0.29) is 30.0 Å². The van der Waals surface area contributed by atoms with Crippen LogP contribution in [0.3, 0.4) is 0 Å². The minimum absolute atomic E-state index is 0.0373. The van der Waals surface area contributed by atoms with Crippen LogP contribution in [0.2, 0.25) is 5.02 Å². The molecule has 1 rings (SSSR count). The maximum Gasteiger partial charge on any atom is 0.255 e. The lowest BCUT2D eigenvalue weighted by atomic mass is 10.2. The number of halogens is 1. The zero-order valence-corrected chi connectivity index (χ0v) is 10.9. The molecule has 100 valence electrons. The van der Waals surface area contributed by atoms with Gasteiger partial charge < -0.3 is 20.5 Å². The molecule has 0 atom stereocenters. The number of hydrogen-bond donors (Lipinski definition) is 2. The number of nitrogen functional groups attached to an aromatic ring is 1. The van der Waals surface area contributed by atoms with Crippen LogP contribution in [0.1, 0.15) is 10.4 Å². The van der Waals surface area contributed by atoms with Crippen LogP contribution in [-0.4, -0.2) is 54.3 Å². The molecule has 0 unspecified atom stereocenters. The summed E-state index contributed by atoms with van der Waals surface area (Å²) < 4.78 is 5.08. The first-order valence-corrected chi connectivity index (χ1v) is 5.79. The lowest BCUT2D eigenvalue weighted by Gasteiger charge is -2.17. The van der Waals surface area contributed by atoms with E-state index in [4.69, 9.17) is 27.2 Å². The van der Waals surface area contributed by atoms with Crippen molar-refractivity contribution in [3.05, 3.63) is 22.8 Å². The van der Waals surface area contributed by atoms with Gasteiger partial charge in [0, 0.05) is 19.8 Å². The molecule has 6 nitrogen and oxygen atoms in total. The van der Waals surface area contributed by atoms with Crippen molar-refractivity contribution in [2.24, 2.45) is 0 Å². The summed E-state index contributed by atoms with van der Waals surface area (Å²) in [6.07, 6.45) is 1.35. The standard InChI is InChI=1S/C11H16ClN3O3/c1-15(2-4-18-5-3-16)11(17)8-6-10(13)14-7-9(8)12/h6-7,16H,2-5H2,1H3,(H2,13,14). The third-order valence-corrected chi connectivity index (χ3v) is 2.56. The number of pyridine rings is 1. The summed E-state index contributed by atoms with van der Waals surface area (Å²) in [7, 11) is 1.64. The summed E-state index contributed by atoms with van der Waals surface area (Å²) in [5.74, 6) is -0.00520. The van der Waals surface area contributed by atoms with Gasteiger partial charge in [-0.15, -0.1) is 0 Å². The summed E-state index contributed by atoms with van der Waals surface area (Å²) in [5.41, 5.74) is 5.83. The molecule has 7 heteroatoms. The molecular formula is C11H16ClN3O3. The van der Waals surface area contributed by atoms with Crippen molar-refractivity contribution in [1.29, 1.82) is 0 Å². The molecule has 0 aliphatic carbocycles. The maximum atomic E-state index is 12.0. The number of carbonyl (C=O) groups excluding carboxylic acids is 1. The number of carbonyl (C=O) groups is 1. The zero-order chi connectivity index (χ0) is 13.5. The molecule has 3 N–H and O–H groups in total. The number of rotatable bonds is 6. The van der Waals surface area contributed by atoms with Crippen LogP contribution >= 0.6 is 11.6 Å². The Balaban J connectivity index is 2.60. The molecule has 18 heavy (non-hydrogen) atoms. The Morgan fingerprint density at radius 2 is 2.33 bits per heavy atom. The third-order valence-electron chi connectivity index (χ3n) is 2.26. The van der Waals surface area contributed by atoms with Crippen LogP contribution in [0.4, 0.5) is 5.82 Å². The van der Waals surface area contributed by atoms with E-state index in [1.54, 1.807) is 7.05 Å². The van der Waals surface area contributed by atoms with E-state index in [1.807, 2.05) is 0 Å². The molecule has 1 aromatic rings. The number of nitrogens with two attached hydrogens (primary N) is 1. The first kappa shape index (κ1) is 14.7. The van der Waals surface area contributed by atoms with Crippen LogP contribution in [0.25, 0.3) is 0 Å². The molecule has 0 saturated heterocycles. The molecule has 0 aromatic carbocycles. The van der Waals surface area contributed by atoms with E-state index in [0.717, 1.165) is 0 Å². The fourth-order valence-electron chi connectivity index (χ4n) is 1.29. The van der Waals surface area contributed by atoms with Gasteiger partial charge in [0.05, 0.1) is 30.4 Å². The molecule has 0 aliphatic heterocycles. The van der Waals surface area contributed by atoms with Gasteiger partial charge in [-0.1, -0.05) is 11.6 Å². The summed E-state index contributed by atoms with van der Waals surface area (Å²) in [4.78, 5) is 17.3. The molecule has 1 heterocycles. The smallest absolute Gasteiger partial charge is 0.255 e. The Morgan fingerprint density at radius 3 is 3.00 bits per heavy atom. The van der Waals surface area contributed by atoms with Crippen molar-refractivity contribution in [2.75, 3.05) is 39.1 Å². The van der Waals surface area contributed by atoms with Crippen molar-refractivity contribution in [3.8, 4) is 0 Å². The number of aliphatic hydroxyl groups is 1. The van der Waals surface area contributed by atoms with Gasteiger partial charge in [0.1, 0.15) is 5.82 Å². The minimum Gasteiger partial charge on any atom is -0.394 e. The monoisotopic (exact) mass is 273 g/mol. The van der Waals surface area contributed by atoms with Gasteiger partial charge in [-0.3, -0.25) is 4.79 Å². The quantitative estimate of drug-likeness (QED) is 0.733. The molecule has 1 amide bonds. The van der Waals surface area contributed by atoms with Crippen molar-refractivity contribution in [1.82, 2.24) is 9.88 Å². The predicted molar refractivity (Wildman–Crippen MR) is 68.5 cm³/mol. The number of aromatic nitrogens is 1. The zero-order valence-electron chi connectivity index (χ0n) is 10.1. The Bertz CT molecular complexity index is 415. The van der Waals surface area contributed by atoms with E-state index in [2.05, 4.69) is 4.98 Å². The second-order valence-electron chi connectivity index (χ2n) is 3.65. The van der Waals surface area contributed by atoms with Gasteiger partial charge >= 0.3 is 0 Å². The van der Waals surface area contributed by atoms with Gasteiger partial charge in [-0.05, 0) is 6.07 Å². The lowest BCUT2D eigenvalue weighted by Crippen LogP contribution is -2.30. The number of hydrogen-bond acceptors (Lipinski definition) is 5. The topological polar surface area (TPSA) is 88.7 Å². The number of likely N-dealkylation sites (N-methyl/N-ethyl adjacent to an activating group) is 1. The third kappa shape index (κ3) is 4.14. The van der Waals surface area contributed by atoms with Crippen molar-refractivity contribution >= 4 is 23.3 Å². The van der Waals surface area contributed by atoms with E-state index in [0.29, 0.717) is 18.7 Å². The van der Waals surface area contributed by atoms with Gasteiger partial charge in [0.25, 0.3) is 5.91 Å². The van der Waals surface area contributed by atoms with Crippen molar-refractivity contribution in [2.45, 2.75) is 0 Å². The highest BCUT2D eigenvalue weighted by atomic mass is 35.5. The van der Waals surface area contributed by atoms with Gasteiger partial charge in [-0.2, -0.15) is 0 Å². The second-order valence-corrected chi connectivity index (χ2v) is 4.06. The fraction of sp³-hybridized carbons (Fsp3) is 0.455. The molecule has 0 fully saturated rings. The molecule has 1 aromatic heterocycles. The SMILES string of the molecule is CN(CCOCCO)C(=O)c1cc(N)ncc1Cl. The summed E-state index contributed by atoms with van der Waals surface area (Å²) in [6.45, 7) is 0.966. The first-order chi connectivity index (χ1) is 8.56. The number of ether oxygens (including phenoxy) is 1. The van der Waals surface area contributed by atoms with Crippen molar-refractivity contribution in [3.63, 3.8) is 0 Å². The summed E-state index contributed by atoms with van der Waals surface area (Å²) >= 11 is 5.89. The number of aliphatic hydroxyl groups excluding tert-OH is 1. The number of anilines is 1. The highest BCUT2D eigenvalue weighted by Gasteiger charge is 2.15. The first-order valence-electron chi connectivity index (χ1n) is 5.41. The molecule has 0 saturated carbocycles. The highest BCUT2D eigenvalue weighted by molar-refractivity contribution is 6.33. The van der Waals surface area contributed by atoms with E-state index >= 15 is 0 Å². The van der Waals surface area contributed by atoms with Crippen LogP contribution < -0.4 is 5.73 Å². The minimum atomic E-state index is -0.248. The van der Waals surface area contributed by atoms with Crippen molar-refractivity contribution < 1.29 is 14.6 Å². The second kappa shape index (κ2) is 7.15. The number of amides is 1. The average molecular weight is 274 g/mol. The summed E-state index contributed by atoms with van der Waals surface area (Å²) in [5, 5.41) is 8.80. The molecule has 0 aliphatic rings. The van der Waals surface area contributed by atoms with Gasteiger partial charge in [-0.25, -0.2) is 4.98 Å². The number of nitrogens with zero attached hydrogens (tertiary/aromatic N) is 2. The molecule has 0 spiro atoms. The molecular weight excluding hydrogens is 258 g/mol. The van der Waals surface area contributed by atoms with Crippen LogP contribution in [0.15, 0.2) is 12.3 Å². The Kier molecular flexibility index (Phi) is 5.84. The van der Waals surface area contributed by atoms with E-state index < -0.39 is 0 Å². The largest absolute Gasteiger partial charge is 0.394 e. The summed E-state index contributed by atoms with van der Waals surface area (Å²) in [6, 6.07) is 1.44. The fourth-order valence-corrected chi connectivity index (χ4v) is 1.48. The van der Waals surface area contributed by atoms with Crippen LogP contribution in [0, 0.1) is 0 Å². The predicted octanol–water partition coefficient (Wildman–Crippen LogP) is 0.398. The highest BCUT2D eigenvalue weighted by Crippen LogP contribution is 2.17. The Morgan fingerprint density at radius 1 is 1.61 bits per heavy atom. The van der Waals surface area contributed by atoms with E-state index in [1.165, 1.54) is 17.2 Å². The molecule has 0 radical (unpaired) electrons. The average Bonchev–Trinajstić information content (AvgIpc) is 2.36. The van der Waals surface area contributed by atoms with E-state index in [9.17, 15) is 4.79 Å². The van der Waals surface area contributed by atoms with Gasteiger partial charge in [0.15, 0.2) is 0 Å². The van der Waals surface area contributed by atoms with Crippen LogP contribution in [0.5, 0.6) is 0 Å². The van der Waals surface area contributed by atoms with Crippen LogP contribution in [-0.2, 0) is 4.74 Å². The lowest BCUT2D eigenvalue weighted by molar-refractivity contribution is 0.0618. The van der Waals surface area contributed by atoms with Gasteiger partial charge in [0.2, 0.25) is 0 Å². The maximum absolute atomic E-state index is 12.0. The Hall–Kier alpha value is -1.37. The Labute approximate surface area is 110 Å².